The summed E-state index contributed by atoms with van der Waals surface area (Å²) in [5.74, 6) is 1.02. The number of hydrogen-bond donors (Lipinski definition) is 1. The van der Waals surface area contributed by atoms with E-state index >= 15 is 0 Å². The first-order chi connectivity index (χ1) is 7.27. The van der Waals surface area contributed by atoms with Crippen molar-refractivity contribution in [3.63, 3.8) is 0 Å². The Morgan fingerprint density at radius 3 is 2.87 bits per heavy atom. The summed E-state index contributed by atoms with van der Waals surface area (Å²) in [6.45, 7) is 3.71. The minimum absolute atomic E-state index is 0.781. The van der Waals surface area contributed by atoms with Gasteiger partial charge in [-0.05, 0) is 45.9 Å². The lowest BCUT2D eigenvalue weighted by Crippen LogP contribution is -2.12. The van der Waals surface area contributed by atoms with Crippen LogP contribution in [0.1, 0.15) is 16.2 Å². The van der Waals surface area contributed by atoms with E-state index < -0.39 is 0 Å². The van der Waals surface area contributed by atoms with E-state index in [9.17, 15) is 0 Å². The van der Waals surface area contributed by atoms with Crippen LogP contribution in [-0.2, 0) is 13.1 Å². The molecule has 0 aliphatic rings. The van der Waals surface area contributed by atoms with E-state index in [0.29, 0.717) is 0 Å². The molecule has 2 nitrogen and oxygen atoms in total. The van der Waals surface area contributed by atoms with Crippen molar-refractivity contribution >= 4 is 27.3 Å². The molecule has 2 heterocycles. The van der Waals surface area contributed by atoms with E-state index in [1.807, 2.05) is 6.07 Å². The maximum atomic E-state index is 5.34. The molecule has 0 aliphatic heterocycles. The average Bonchev–Trinajstić information content (AvgIpc) is 2.78. The minimum Gasteiger partial charge on any atom is -0.468 e. The molecule has 80 valence electrons. The van der Waals surface area contributed by atoms with Gasteiger partial charge in [-0.25, -0.2) is 0 Å². The van der Waals surface area contributed by atoms with Crippen LogP contribution in [0.25, 0.3) is 0 Å². The molecule has 0 saturated heterocycles. The van der Waals surface area contributed by atoms with Gasteiger partial charge in [-0.15, -0.1) is 11.3 Å². The highest BCUT2D eigenvalue weighted by Gasteiger charge is 2.03. The molecule has 4 heteroatoms. The van der Waals surface area contributed by atoms with Crippen LogP contribution in [0.4, 0.5) is 0 Å². The van der Waals surface area contributed by atoms with Gasteiger partial charge in [-0.1, -0.05) is 0 Å². The number of halogens is 1. The second kappa shape index (κ2) is 4.96. The molecular formula is C11H12BrNOS. The Kier molecular flexibility index (Phi) is 3.61. The maximum Gasteiger partial charge on any atom is 0.120 e. The third-order valence-corrected chi connectivity index (χ3v) is 4.16. The molecule has 0 aliphatic carbocycles. The number of aryl methyl sites for hydroxylation is 1. The van der Waals surface area contributed by atoms with E-state index in [1.54, 1.807) is 17.6 Å². The highest BCUT2D eigenvalue weighted by Crippen LogP contribution is 2.22. The number of thiophene rings is 1. The Morgan fingerprint density at radius 1 is 1.40 bits per heavy atom. The van der Waals surface area contributed by atoms with Crippen molar-refractivity contribution in [2.75, 3.05) is 0 Å². The van der Waals surface area contributed by atoms with Gasteiger partial charge in [0.2, 0.25) is 0 Å². The lowest BCUT2D eigenvalue weighted by molar-refractivity contribution is 0.481. The molecule has 0 atom stereocenters. The van der Waals surface area contributed by atoms with E-state index in [1.165, 1.54) is 14.9 Å². The first-order valence-electron chi connectivity index (χ1n) is 4.73. The first-order valence-corrected chi connectivity index (χ1v) is 6.40. The van der Waals surface area contributed by atoms with Gasteiger partial charge in [-0.2, -0.15) is 0 Å². The normalized spacial score (nSPS) is 10.8. The fraction of sp³-hybridized carbons (Fsp3) is 0.273. The molecule has 0 amide bonds. The van der Waals surface area contributed by atoms with Crippen LogP contribution in [0.2, 0.25) is 0 Å². The van der Waals surface area contributed by atoms with Crippen molar-refractivity contribution < 1.29 is 4.42 Å². The van der Waals surface area contributed by atoms with E-state index in [-0.39, 0.29) is 0 Å². The molecule has 0 aromatic carbocycles. The predicted octanol–water partition coefficient (Wildman–Crippen LogP) is 3.70. The van der Waals surface area contributed by atoms with E-state index in [4.69, 9.17) is 4.42 Å². The number of furan rings is 1. The summed E-state index contributed by atoms with van der Waals surface area (Å²) in [6.07, 6.45) is 1.73. The molecule has 0 bridgehead atoms. The van der Waals surface area contributed by atoms with Gasteiger partial charge in [0, 0.05) is 15.9 Å². The van der Waals surface area contributed by atoms with Crippen LogP contribution < -0.4 is 5.32 Å². The van der Waals surface area contributed by atoms with Crippen molar-refractivity contribution in [2.24, 2.45) is 0 Å². The maximum absolute atomic E-state index is 5.34. The fourth-order valence-corrected chi connectivity index (χ4v) is 2.79. The molecular weight excluding hydrogens is 274 g/mol. The van der Waals surface area contributed by atoms with Gasteiger partial charge >= 0.3 is 0 Å². The second-order valence-electron chi connectivity index (χ2n) is 3.32. The summed E-state index contributed by atoms with van der Waals surface area (Å²) in [5.41, 5.74) is 1.20. The Labute approximate surface area is 101 Å². The molecule has 2 aromatic rings. The SMILES string of the molecule is Cc1ccoc1CNCc1sccc1Br. The molecule has 2 aromatic heterocycles. The van der Waals surface area contributed by atoms with Gasteiger partial charge in [0.15, 0.2) is 0 Å². The summed E-state index contributed by atoms with van der Waals surface area (Å²) < 4.78 is 6.52. The summed E-state index contributed by atoms with van der Waals surface area (Å²) in [6, 6.07) is 4.05. The van der Waals surface area contributed by atoms with Crippen LogP contribution in [0, 0.1) is 6.92 Å². The van der Waals surface area contributed by atoms with Gasteiger partial charge in [0.25, 0.3) is 0 Å². The molecule has 0 saturated carbocycles. The molecule has 2 rings (SSSR count). The largest absolute Gasteiger partial charge is 0.468 e. The molecule has 15 heavy (non-hydrogen) atoms. The monoisotopic (exact) mass is 285 g/mol. The Balaban J connectivity index is 1.86. The highest BCUT2D eigenvalue weighted by atomic mass is 79.9. The van der Waals surface area contributed by atoms with Gasteiger partial charge < -0.3 is 9.73 Å². The summed E-state index contributed by atoms with van der Waals surface area (Å²) >= 11 is 5.26. The second-order valence-corrected chi connectivity index (χ2v) is 5.18. The first kappa shape index (κ1) is 10.9. The number of nitrogens with one attached hydrogen (secondary N) is 1. The van der Waals surface area contributed by atoms with Crippen LogP contribution in [0.5, 0.6) is 0 Å². The third-order valence-electron chi connectivity index (χ3n) is 2.23. The third kappa shape index (κ3) is 2.71. The molecule has 0 radical (unpaired) electrons. The van der Waals surface area contributed by atoms with E-state index in [2.05, 4.69) is 39.6 Å². The quantitative estimate of drug-likeness (QED) is 0.927. The Bertz CT molecular complexity index is 395. The Morgan fingerprint density at radius 2 is 2.27 bits per heavy atom. The Hall–Kier alpha value is -0.580. The molecule has 0 spiro atoms. The molecule has 0 fully saturated rings. The fourth-order valence-electron chi connectivity index (χ4n) is 1.33. The topological polar surface area (TPSA) is 25.2 Å². The standard InChI is InChI=1S/C11H12BrNOS/c1-8-2-4-14-10(8)6-13-7-11-9(12)3-5-15-11/h2-5,13H,6-7H2,1H3. The number of rotatable bonds is 4. The number of hydrogen-bond acceptors (Lipinski definition) is 3. The van der Waals surface area contributed by atoms with Crippen molar-refractivity contribution in [2.45, 2.75) is 20.0 Å². The van der Waals surface area contributed by atoms with Crippen LogP contribution in [0.3, 0.4) is 0 Å². The summed E-state index contributed by atoms with van der Waals surface area (Å²) in [5, 5.41) is 5.44. The van der Waals surface area contributed by atoms with E-state index in [0.717, 1.165) is 18.8 Å². The highest BCUT2D eigenvalue weighted by molar-refractivity contribution is 9.10. The van der Waals surface area contributed by atoms with Crippen molar-refractivity contribution in [3.05, 3.63) is 44.4 Å². The van der Waals surface area contributed by atoms with Crippen LogP contribution >= 0.6 is 27.3 Å². The molecule has 0 unspecified atom stereocenters. The summed E-state index contributed by atoms with van der Waals surface area (Å²) in [7, 11) is 0. The van der Waals surface area contributed by atoms with Gasteiger partial charge in [0.05, 0.1) is 12.8 Å². The lowest BCUT2D eigenvalue weighted by Gasteiger charge is -2.02. The van der Waals surface area contributed by atoms with Crippen molar-refractivity contribution in [1.29, 1.82) is 0 Å². The zero-order chi connectivity index (χ0) is 10.7. The zero-order valence-electron chi connectivity index (χ0n) is 8.42. The summed E-state index contributed by atoms with van der Waals surface area (Å²) in [4.78, 5) is 1.32. The lowest BCUT2D eigenvalue weighted by atomic mass is 10.3. The smallest absolute Gasteiger partial charge is 0.120 e. The minimum atomic E-state index is 0.781. The van der Waals surface area contributed by atoms with Crippen molar-refractivity contribution in [1.82, 2.24) is 5.32 Å². The predicted molar refractivity (Wildman–Crippen MR) is 66.0 cm³/mol. The van der Waals surface area contributed by atoms with Crippen molar-refractivity contribution in [3.8, 4) is 0 Å². The van der Waals surface area contributed by atoms with Gasteiger partial charge in [0.1, 0.15) is 5.76 Å². The van der Waals surface area contributed by atoms with Crippen LogP contribution in [0.15, 0.2) is 32.7 Å². The molecule has 1 N–H and O–H groups in total. The zero-order valence-corrected chi connectivity index (χ0v) is 10.8. The van der Waals surface area contributed by atoms with Crippen LogP contribution in [-0.4, -0.2) is 0 Å². The van der Waals surface area contributed by atoms with Gasteiger partial charge in [-0.3, -0.25) is 0 Å². The average molecular weight is 286 g/mol.